The van der Waals surface area contributed by atoms with Crippen LogP contribution in [0.1, 0.15) is 40.0 Å². The predicted octanol–water partition coefficient (Wildman–Crippen LogP) is 1.63. The van der Waals surface area contributed by atoms with Gasteiger partial charge in [0.2, 0.25) is 0 Å². The molecule has 2 rings (SSSR count). The van der Waals surface area contributed by atoms with Gasteiger partial charge in [-0.1, -0.05) is 0 Å². The first kappa shape index (κ1) is 12.3. The van der Waals surface area contributed by atoms with Gasteiger partial charge in [0.25, 0.3) is 0 Å². The van der Waals surface area contributed by atoms with Gasteiger partial charge in [-0.2, -0.15) is 0 Å². The molecule has 0 atom stereocenters. The highest BCUT2D eigenvalue weighted by Crippen LogP contribution is 2.29. The molecule has 0 bridgehead atoms. The lowest BCUT2D eigenvalue weighted by atomic mass is 9.88. The first-order chi connectivity index (χ1) is 7.52. The van der Waals surface area contributed by atoms with Gasteiger partial charge in [0.05, 0.1) is 0 Å². The Morgan fingerprint density at radius 2 is 1.81 bits per heavy atom. The molecule has 0 unspecified atom stereocenters. The van der Waals surface area contributed by atoms with Crippen LogP contribution in [0.25, 0.3) is 0 Å². The van der Waals surface area contributed by atoms with E-state index in [1.807, 2.05) is 0 Å². The largest absolute Gasteiger partial charge is 0.381 e. The molecule has 0 aromatic heterocycles. The average molecular weight is 226 g/mol. The quantitative estimate of drug-likeness (QED) is 0.735. The van der Waals surface area contributed by atoms with Gasteiger partial charge >= 0.3 is 0 Å². The molecule has 2 aliphatic rings. The highest BCUT2D eigenvalue weighted by molar-refractivity contribution is 4.94. The van der Waals surface area contributed by atoms with E-state index in [9.17, 15) is 0 Å². The summed E-state index contributed by atoms with van der Waals surface area (Å²) in [5.41, 5.74) is 0.610. The molecule has 3 heteroatoms. The molecule has 0 spiro atoms. The van der Waals surface area contributed by atoms with Crippen LogP contribution >= 0.6 is 0 Å². The van der Waals surface area contributed by atoms with Crippen molar-refractivity contribution in [3.8, 4) is 0 Å². The normalized spacial score (nSPS) is 30.9. The molecule has 0 aromatic rings. The summed E-state index contributed by atoms with van der Waals surface area (Å²) in [7, 11) is 0. The third kappa shape index (κ3) is 2.76. The second-order valence-corrected chi connectivity index (χ2v) is 6.20. The Labute approximate surface area is 99.5 Å². The zero-order chi connectivity index (χ0) is 11.6. The van der Waals surface area contributed by atoms with E-state index in [1.165, 1.54) is 25.8 Å². The summed E-state index contributed by atoms with van der Waals surface area (Å²) in [6.45, 7) is 12.4. The molecule has 2 saturated heterocycles. The Balaban J connectivity index is 2.06. The van der Waals surface area contributed by atoms with Crippen LogP contribution in [-0.4, -0.2) is 48.8 Å². The van der Waals surface area contributed by atoms with Crippen molar-refractivity contribution in [2.24, 2.45) is 0 Å². The molecule has 2 aliphatic heterocycles. The highest BCUT2D eigenvalue weighted by atomic mass is 16.5. The van der Waals surface area contributed by atoms with E-state index >= 15 is 0 Å². The summed E-state index contributed by atoms with van der Waals surface area (Å²) in [6.07, 6.45) is 3.63. The molecule has 0 aromatic carbocycles. The number of ether oxygens (including phenoxy) is 1. The molecule has 16 heavy (non-hydrogen) atoms. The predicted molar refractivity (Wildman–Crippen MR) is 66.7 cm³/mol. The molecule has 2 heterocycles. The second-order valence-electron chi connectivity index (χ2n) is 6.20. The van der Waals surface area contributed by atoms with Gasteiger partial charge in [-0.15, -0.1) is 0 Å². The van der Waals surface area contributed by atoms with Crippen molar-refractivity contribution in [3.05, 3.63) is 0 Å². The minimum atomic E-state index is 0.248. The number of hydrogen-bond donors (Lipinski definition) is 1. The Morgan fingerprint density at radius 3 is 2.50 bits per heavy atom. The smallest absolute Gasteiger partial charge is 0.0483 e. The lowest BCUT2D eigenvalue weighted by Crippen LogP contribution is -2.55. The lowest BCUT2D eigenvalue weighted by Gasteiger charge is -2.45. The van der Waals surface area contributed by atoms with E-state index in [4.69, 9.17) is 4.74 Å². The average Bonchev–Trinajstić information content (AvgIpc) is 2.41. The Kier molecular flexibility index (Phi) is 3.57. The topological polar surface area (TPSA) is 24.5 Å². The molecule has 0 radical (unpaired) electrons. The van der Waals surface area contributed by atoms with E-state index in [1.54, 1.807) is 0 Å². The summed E-state index contributed by atoms with van der Waals surface area (Å²) in [6, 6.07) is 0. The van der Waals surface area contributed by atoms with Crippen LogP contribution in [0.5, 0.6) is 0 Å². The van der Waals surface area contributed by atoms with Crippen molar-refractivity contribution < 1.29 is 4.74 Å². The van der Waals surface area contributed by atoms with Gasteiger partial charge in [-0.25, -0.2) is 0 Å². The fraction of sp³-hybridized carbons (Fsp3) is 1.00. The lowest BCUT2D eigenvalue weighted by molar-refractivity contribution is -0.0236. The molecule has 1 N–H and O–H groups in total. The van der Waals surface area contributed by atoms with Gasteiger partial charge in [0.15, 0.2) is 0 Å². The van der Waals surface area contributed by atoms with Crippen molar-refractivity contribution in [3.63, 3.8) is 0 Å². The van der Waals surface area contributed by atoms with Gasteiger partial charge in [-0.3, -0.25) is 4.90 Å². The van der Waals surface area contributed by atoms with Crippen LogP contribution < -0.4 is 5.32 Å². The SMILES string of the molecule is CC1(C)CN(C2(C)CCOCC2)CCCN1. The van der Waals surface area contributed by atoms with E-state index in [-0.39, 0.29) is 5.54 Å². The fourth-order valence-corrected chi connectivity index (χ4v) is 2.90. The summed E-state index contributed by atoms with van der Waals surface area (Å²) in [5.74, 6) is 0. The highest BCUT2D eigenvalue weighted by Gasteiger charge is 2.37. The van der Waals surface area contributed by atoms with Crippen LogP contribution in [-0.2, 0) is 4.74 Å². The van der Waals surface area contributed by atoms with Crippen molar-refractivity contribution in [1.82, 2.24) is 10.2 Å². The van der Waals surface area contributed by atoms with Gasteiger partial charge in [0.1, 0.15) is 0 Å². The number of nitrogens with zero attached hydrogens (tertiary/aromatic N) is 1. The number of rotatable bonds is 1. The van der Waals surface area contributed by atoms with Crippen molar-refractivity contribution in [2.45, 2.75) is 51.1 Å². The van der Waals surface area contributed by atoms with Gasteiger partial charge < -0.3 is 10.1 Å². The third-order valence-electron chi connectivity index (χ3n) is 4.13. The van der Waals surface area contributed by atoms with Crippen LogP contribution in [0.3, 0.4) is 0 Å². The van der Waals surface area contributed by atoms with Crippen LogP contribution in [0.4, 0.5) is 0 Å². The third-order valence-corrected chi connectivity index (χ3v) is 4.13. The monoisotopic (exact) mass is 226 g/mol. The summed E-state index contributed by atoms with van der Waals surface area (Å²) in [5, 5.41) is 3.63. The fourth-order valence-electron chi connectivity index (χ4n) is 2.90. The minimum absolute atomic E-state index is 0.248. The maximum absolute atomic E-state index is 5.50. The van der Waals surface area contributed by atoms with Crippen LogP contribution in [0, 0.1) is 0 Å². The first-order valence-electron chi connectivity index (χ1n) is 6.60. The number of hydrogen-bond acceptors (Lipinski definition) is 3. The molecule has 3 nitrogen and oxygen atoms in total. The Bertz CT molecular complexity index is 234. The summed E-state index contributed by atoms with van der Waals surface area (Å²) >= 11 is 0. The molecule has 2 fully saturated rings. The standard InChI is InChI=1S/C13H26N2O/c1-12(2)11-15(8-4-7-14-12)13(3)5-9-16-10-6-13/h14H,4-11H2,1-3H3. The summed E-state index contributed by atoms with van der Waals surface area (Å²) in [4.78, 5) is 2.69. The Hall–Kier alpha value is -0.120. The Morgan fingerprint density at radius 1 is 1.12 bits per heavy atom. The number of nitrogens with one attached hydrogen (secondary N) is 1. The first-order valence-corrected chi connectivity index (χ1v) is 6.60. The maximum Gasteiger partial charge on any atom is 0.0483 e. The van der Waals surface area contributed by atoms with E-state index < -0.39 is 0 Å². The molecular weight excluding hydrogens is 200 g/mol. The van der Waals surface area contributed by atoms with E-state index in [0.29, 0.717) is 5.54 Å². The molecular formula is C13H26N2O. The van der Waals surface area contributed by atoms with Crippen LogP contribution in [0.15, 0.2) is 0 Å². The van der Waals surface area contributed by atoms with Crippen molar-refractivity contribution in [1.29, 1.82) is 0 Å². The zero-order valence-electron chi connectivity index (χ0n) is 11.0. The van der Waals surface area contributed by atoms with Crippen molar-refractivity contribution in [2.75, 3.05) is 32.8 Å². The van der Waals surface area contributed by atoms with Crippen LogP contribution in [0.2, 0.25) is 0 Å². The maximum atomic E-state index is 5.50. The minimum Gasteiger partial charge on any atom is -0.381 e. The van der Waals surface area contributed by atoms with E-state index in [0.717, 1.165) is 26.3 Å². The zero-order valence-corrected chi connectivity index (χ0v) is 11.0. The van der Waals surface area contributed by atoms with Crippen molar-refractivity contribution >= 4 is 0 Å². The molecule has 0 amide bonds. The molecule has 0 saturated carbocycles. The van der Waals surface area contributed by atoms with E-state index in [2.05, 4.69) is 31.0 Å². The molecule has 94 valence electrons. The van der Waals surface area contributed by atoms with Gasteiger partial charge in [-0.05, 0) is 53.1 Å². The summed E-state index contributed by atoms with van der Waals surface area (Å²) < 4.78 is 5.50. The molecule has 0 aliphatic carbocycles. The van der Waals surface area contributed by atoms with Gasteiger partial charge in [0, 0.05) is 30.8 Å². The second kappa shape index (κ2) is 4.63.